The Bertz CT molecular complexity index is 896. The van der Waals surface area contributed by atoms with Gasteiger partial charge in [0.25, 0.3) is 0 Å². The van der Waals surface area contributed by atoms with Crippen molar-refractivity contribution in [3.8, 4) is 11.5 Å². The number of urea groups is 1. The zero-order valence-electron chi connectivity index (χ0n) is 16.6. The van der Waals surface area contributed by atoms with E-state index in [4.69, 9.17) is 9.47 Å². The van der Waals surface area contributed by atoms with E-state index in [-0.39, 0.29) is 24.5 Å². The Morgan fingerprint density at radius 2 is 1.97 bits per heavy atom. The highest BCUT2D eigenvalue weighted by Crippen LogP contribution is 2.42. The number of amides is 3. The second-order valence-corrected chi connectivity index (χ2v) is 8.32. The third kappa shape index (κ3) is 4.38. The Morgan fingerprint density at radius 1 is 1.21 bits per heavy atom. The summed E-state index contributed by atoms with van der Waals surface area (Å²) in [6.07, 6.45) is 2.76. The molecule has 29 heavy (non-hydrogen) atoms. The highest BCUT2D eigenvalue weighted by atomic mass is 32.1. The second-order valence-electron chi connectivity index (χ2n) is 7.34. The maximum Gasteiger partial charge on any atom is 0.321 e. The van der Waals surface area contributed by atoms with Gasteiger partial charge in [0.15, 0.2) is 11.5 Å². The molecule has 8 heteroatoms. The van der Waals surface area contributed by atoms with Crippen LogP contribution in [0.4, 0.5) is 4.79 Å². The molecular formula is C21H25N3O4S. The second kappa shape index (κ2) is 8.42. The third-order valence-electron chi connectivity index (χ3n) is 5.30. The minimum absolute atomic E-state index is 0.0733. The average Bonchev–Trinajstić information content (AvgIpc) is 3.35. The van der Waals surface area contributed by atoms with Crippen molar-refractivity contribution in [1.82, 2.24) is 15.5 Å². The molecule has 1 atom stereocenters. The first-order chi connectivity index (χ1) is 14.1. The lowest BCUT2D eigenvalue weighted by molar-refractivity contribution is -0.121. The summed E-state index contributed by atoms with van der Waals surface area (Å²) in [6, 6.07) is 7.84. The number of benzene rings is 1. The first-order valence-corrected chi connectivity index (χ1v) is 10.6. The van der Waals surface area contributed by atoms with Crippen molar-refractivity contribution < 1.29 is 19.1 Å². The first kappa shape index (κ1) is 19.7. The van der Waals surface area contributed by atoms with Crippen LogP contribution in [0.25, 0.3) is 0 Å². The summed E-state index contributed by atoms with van der Waals surface area (Å²) in [4.78, 5) is 27.7. The maximum absolute atomic E-state index is 12.5. The number of methoxy groups -OCH3 is 2. The van der Waals surface area contributed by atoms with Gasteiger partial charge in [-0.2, -0.15) is 0 Å². The van der Waals surface area contributed by atoms with Gasteiger partial charge in [-0.05, 0) is 54.0 Å². The molecule has 0 saturated heterocycles. The summed E-state index contributed by atoms with van der Waals surface area (Å²) in [5, 5.41) is 7.28. The Morgan fingerprint density at radius 3 is 2.62 bits per heavy atom. The van der Waals surface area contributed by atoms with Gasteiger partial charge in [0.05, 0.1) is 26.8 Å². The smallest absolute Gasteiger partial charge is 0.321 e. The van der Waals surface area contributed by atoms with Gasteiger partial charge in [-0.25, -0.2) is 4.79 Å². The number of ether oxygens (including phenoxy) is 2. The van der Waals surface area contributed by atoms with Gasteiger partial charge in [-0.3, -0.25) is 15.0 Å². The molecule has 1 aromatic carbocycles. The predicted octanol–water partition coefficient (Wildman–Crippen LogP) is 2.70. The van der Waals surface area contributed by atoms with Gasteiger partial charge in [-0.15, -0.1) is 11.3 Å². The summed E-state index contributed by atoms with van der Waals surface area (Å²) in [6.45, 7) is 0.858. The molecule has 1 aromatic heterocycles. The van der Waals surface area contributed by atoms with Crippen molar-refractivity contribution in [2.75, 3.05) is 27.3 Å². The summed E-state index contributed by atoms with van der Waals surface area (Å²) in [5.41, 5.74) is 2.29. The zero-order valence-corrected chi connectivity index (χ0v) is 17.4. The van der Waals surface area contributed by atoms with E-state index >= 15 is 0 Å². The number of carbonyl (C=O) groups is 2. The molecule has 3 amide bonds. The summed E-state index contributed by atoms with van der Waals surface area (Å²) in [7, 11) is 3.25. The molecule has 2 aromatic rings. The lowest BCUT2D eigenvalue weighted by atomic mass is 9.91. The lowest BCUT2D eigenvalue weighted by Gasteiger charge is -2.36. The quantitative estimate of drug-likeness (QED) is 0.758. The highest BCUT2D eigenvalue weighted by Gasteiger charge is 2.32. The number of hydrogen-bond acceptors (Lipinski definition) is 6. The van der Waals surface area contributed by atoms with E-state index < -0.39 is 6.03 Å². The van der Waals surface area contributed by atoms with E-state index in [1.165, 1.54) is 5.56 Å². The summed E-state index contributed by atoms with van der Waals surface area (Å²) < 4.78 is 11.0. The van der Waals surface area contributed by atoms with Gasteiger partial charge < -0.3 is 14.8 Å². The minimum Gasteiger partial charge on any atom is -0.493 e. The molecule has 154 valence electrons. The minimum atomic E-state index is -0.408. The van der Waals surface area contributed by atoms with E-state index in [2.05, 4.69) is 21.6 Å². The molecule has 2 N–H and O–H groups in total. The standard InChI is InChI=1S/C21H25N3O4S/c1-27-16-10-13-7-8-24(12-19(25)23-21(26)22-14-5-6-14)20(18-4-3-9-29-18)15(13)11-17(16)28-2/h3-4,9-11,14,20H,5-8,12H2,1-2H3,(H2,22,23,25,26)/t20-/m0/s1. The molecule has 2 heterocycles. The number of fused-ring (bicyclic) bond motifs is 1. The monoisotopic (exact) mass is 415 g/mol. The fourth-order valence-electron chi connectivity index (χ4n) is 3.75. The van der Waals surface area contributed by atoms with Crippen molar-refractivity contribution in [2.45, 2.75) is 31.3 Å². The number of nitrogens with zero attached hydrogens (tertiary/aromatic N) is 1. The molecule has 1 saturated carbocycles. The number of thiophene rings is 1. The van der Waals surface area contributed by atoms with Crippen LogP contribution in [0.1, 0.15) is 34.9 Å². The maximum atomic E-state index is 12.5. The van der Waals surface area contributed by atoms with Gasteiger partial charge in [0.1, 0.15) is 0 Å². The molecule has 7 nitrogen and oxygen atoms in total. The molecule has 2 aliphatic rings. The van der Waals surface area contributed by atoms with Gasteiger partial charge in [0.2, 0.25) is 5.91 Å². The molecule has 0 radical (unpaired) electrons. The first-order valence-electron chi connectivity index (χ1n) is 9.71. The topological polar surface area (TPSA) is 79.9 Å². The summed E-state index contributed by atoms with van der Waals surface area (Å²) >= 11 is 1.65. The van der Waals surface area contributed by atoms with Crippen LogP contribution >= 0.6 is 11.3 Å². The van der Waals surface area contributed by atoms with E-state index in [0.717, 1.165) is 29.7 Å². The van der Waals surface area contributed by atoms with Crippen molar-refractivity contribution >= 4 is 23.3 Å². The van der Waals surface area contributed by atoms with Crippen molar-refractivity contribution in [3.05, 3.63) is 45.6 Å². The van der Waals surface area contributed by atoms with Crippen LogP contribution in [-0.4, -0.2) is 50.2 Å². The fourth-order valence-corrected chi connectivity index (χ4v) is 4.62. The van der Waals surface area contributed by atoms with Gasteiger partial charge >= 0.3 is 6.03 Å². The van der Waals surface area contributed by atoms with E-state index in [9.17, 15) is 9.59 Å². The van der Waals surface area contributed by atoms with E-state index in [1.54, 1.807) is 25.6 Å². The molecular weight excluding hydrogens is 390 g/mol. The Labute approximate surface area is 174 Å². The van der Waals surface area contributed by atoms with Crippen molar-refractivity contribution in [2.24, 2.45) is 0 Å². The number of rotatable bonds is 6. The predicted molar refractivity (Wildman–Crippen MR) is 111 cm³/mol. The Balaban J connectivity index is 1.58. The fraction of sp³-hybridized carbons (Fsp3) is 0.429. The molecule has 0 spiro atoms. The van der Waals surface area contributed by atoms with Crippen LogP contribution in [0.3, 0.4) is 0 Å². The van der Waals surface area contributed by atoms with Crippen LogP contribution in [0.2, 0.25) is 0 Å². The lowest BCUT2D eigenvalue weighted by Crippen LogP contribution is -2.47. The molecule has 1 aliphatic heterocycles. The largest absolute Gasteiger partial charge is 0.493 e. The number of hydrogen-bond donors (Lipinski definition) is 2. The summed E-state index contributed by atoms with van der Waals surface area (Å²) in [5.74, 6) is 1.08. The molecule has 4 rings (SSSR count). The van der Waals surface area contributed by atoms with Crippen LogP contribution in [0, 0.1) is 0 Å². The number of imide groups is 1. The van der Waals surface area contributed by atoms with Crippen LogP contribution < -0.4 is 20.1 Å². The van der Waals surface area contributed by atoms with Gasteiger partial charge in [-0.1, -0.05) is 6.07 Å². The Kier molecular flexibility index (Phi) is 5.73. The Hall–Kier alpha value is -2.58. The molecule has 1 aliphatic carbocycles. The SMILES string of the molecule is COc1cc2c(cc1OC)[C@@H](c1cccs1)N(CC(=O)NC(=O)NC1CC1)CC2. The van der Waals surface area contributed by atoms with Crippen molar-refractivity contribution in [1.29, 1.82) is 0 Å². The van der Waals surface area contributed by atoms with Crippen molar-refractivity contribution in [3.63, 3.8) is 0 Å². The normalized spacial score (nSPS) is 18.6. The van der Waals surface area contributed by atoms with Crippen LogP contribution in [0.15, 0.2) is 29.6 Å². The third-order valence-corrected chi connectivity index (χ3v) is 6.22. The molecule has 1 fully saturated rings. The van der Waals surface area contributed by atoms with Crippen LogP contribution in [-0.2, 0) is 11.2 Å². The number of carbonyl (C=O) groups excluding carboxylic acids is 2. The van der Waals surface area contributed by atoms with E-state index in [1.807, 2.05) is 23.6 Å². The van der Waals surface area contributed by atoms with Crippen LogP contribution in [0.5, 0.6) is 11.5 Å². The van der Waals surface area contributed by atoms with E-state index in [0.29, 0.717) is 18.0 Å². The zero-order chi connectivity index (χ0) is 20.4. The molecule has 0 unspecified atom stereocenters. The number of nitrogens with one attached hydrogen (secondary N) is 2. The highest BCUT2D eigenvalue weighted by molar-refractivity contribution is 7.10. The van der Waals surface area contributed by atoms with Gasteiger partial charge in [0, 0.05) is 17.5 Å². The average molecular weight is 416 g/mol. The molecule has 0 bridgehead atoms.